The fourth-order valence-corrected chi connectivity index (χ4v) is 1.37. The molecule has 0 atom stereocenters. The van der Waals surface area contributed by atoms with Crippen LogP contribution in [0, 0.1) is 0 Å². The highest BCUT2D eigenvalue weighted by Crippen LogP contribution is 2.03. The van der Waals surface area contributed by atoms with Crippen molar-refractivity contribution in [3.05, 3.63) is 66.3 Å². The maximum Gasteiger partial charge on any atom is 0.330 e. The highest BCUT2D eigenvalue weighted by Gasteiger charge is 2.00. The molecule has 0 unspecified atom stereocenters. The fourth-order valence-electron chi connectivity index (χ4n) is 1.37. The van der Waals surface area contributed by atoms with Gasteiger partial charge in [-0.15, -0.1) is 0 Å². The standard InChI is InChI=1S/C11H10O2.C7H12O2/c12-11(13)9-5-4-8-10-6-2-1-3-7-10;1-3-4-5-6(2)7(8)9/h1-9H,(H,12,13);2-5H2,1H3,(H,8,9). The minimum Gasteiger partial charge on any atom is -0.478 e. The Morgan fingerprint density at radius 3 is 2.27 bits per heavy atom. The van der Waals surface area contributed by atoms with Crippen molar-refractivity contribution in [1.29, 1.82) is 0 Å². The first-order valence-electron chi connectivity index (χ1n) is 7.01. The fraction of sp³-hybridized carbons (Fsp3) is 0.222. The molecule has 4 nitrogen and oxygen atoms in total. The maximum absolute atomic E-state index is 10.1. The van der Waals surface area contributed by atoms with Crippen LogP contribution >= 0.6 is 0 Å². The third-order valence-electron chi connectivity index (χ3n) is 2.57. The maximum atomic E-state index is 10.1. The van der Waals surface area contributed by atoms with Crippen molar-refractivity contribution in [2.24, 2.45) is 0 Å². The molecule has 118 valence electrons. The molecule has 0 aliphatic carbocycles. The van der Waals surface area contributed by atoms with E-state index in [-0.39, 0.29) is 0 Å². The van der Waals surface area contributed by atoms with E-state index in [1.165, 1.54) is 6.08 Å². The van der Waals surface area contributed by atoms with E-state index in [1.807, 2.05) is 43.3 Å². The van der Waals surface area contributed by atoms with Crippen LogP contribution in [0.5, 0.6) is 0 Å². The Bertz CT molecular complexity index is 527. The molecule has 0 aliphatic rings. The summed E-state index contributed by atoms with van der Waals surface area (Å²) in [4.78, 5) is 20.2. The van der Waals surface area contributed by atoms with Gasteiger partial charge in [0.1, 0.15) is 0 Å². The summed E-state index contributed by atoms with van der Waals surface area (Å²) in [6, 6.07) is 9.70. The Morgan fingerprint density at radius 2 is 1.77 bits per heavy atom. The van der Waals surface area contributed by atoms with Gasteiger partial charge in [-0.3, -0.25) is 0 Å². The average molecular weight is 302 g/mol. The third-order valence-corrected chi connectivity index (χ3v) is 2.57. The average Bonchev–Trinajstić information content (AvgIpc) is 2.50. The lowest BCUT2D eigenvalue weighted by Crippen LogP contribution is -1.97. The summed E-state index contributed by atoms with van der Waals surface area (Å²) < 4.78 is 0. The monoisotopic (exact) mass is 302 g/mol. The van der Waals surface area contributed by atoms with E-state index >= 15 is 0 Å². The van der Waals surface area contributed by atoms with Crippen LogP contribution in [0.3, 0.4) is 0 Å². The van der Waals surface area contributed by atoms with Crippen LogP contribution < -0.4 is 0 Å². The van der Waals surface area contributed by atoms with Crippen LogP contribution in [-0.2, 0) is 9.59 Å². The molecule has 2 N–H and O–H groups in total. The third kappa shape index (κ3) is 11.2. The molecule has 0 bridgehead atoms. The normalized spacial score (nSPS) is 10.2. The van der Waals surface area contributed by atoms with Gasteiger partial charge in [-0.2, -0.15) is 0 Å². The van der Waals surface area contributed by atoms with E-state index in [2.05, 4.69) is 6.58 Å². The Balaban J connectivity index is 0.000000433. The number of rotatable bonds is 7. The lowest BCUT2D eigenvalue weighted by molar-refractivity contribution is -0.133. The van der Waals surface area contributed by atoms with Crippen molar-refractivity contribution in [3.63, 3.8) is 0 Å². The number of benzene rings is 1. The molecule has 22 heavy (non-hydrogen) atoms. The molecule has 1 aromatic rings. The number of carboxylic acid groups (broad SMARTS) is 2. The lowest BCUT2D eigenvalue weighted by atomic mass is 10.1. The Labute approximate surface area is 131 Å². The van der Waals surface area contributed by atoms with Crippen molar-refractivity contribution in [2.45, 2.75) is 26.2 Å². The zero-order valence-corrected chi connectivity index (χ0v) is 12.7. The minimum absolute atomic E-state index is 0.317. The van der Waals surface area contributed by atoms with Gasteiger partial charge in [0.05, 0.1) is 0 Å². The van der Waals surface area contributed by atoms with Gasteiger partial charge in [-0.25, -0.2) is 9.59 Å². The summed E-state index contributed by atoms with van der Waals surface area (Å²) in [6.45, 7) is 5.42. The number of carboxylic acids is 2. The molecule has 0 aromatic heterocycles. The molecular weight excluding hydrogens is 280 g/mol. The van der Waals surface area contributed by atoms with Crippen LogP contribution in [0.15, 0.2) is 60.7 Å². The molecule has 0 radical (unpaired) electrons. The molecule has 0 spiro atoms. The predicted octanol–water partition coefficient (Wildman–Crippen LogP) is 4.16. The summed E-state index contributed by atoms with van der Waals surface area (Å²) >= 11 is 0. The molecule has 0 saturated carbocycles. The van der Waals surface area contributed by atoms with Crippen LogP contribution in [-0.4, -0.2) is 22.2 Å². The van der Waals surface area contributed by atoms with Gasteiger partial charge in [-0.1, -0.05) is 68.5 Å². The molecule has 0 amide bonds. The van der Waals surface area contributed by atoms with Crippen molar-refractivity contribution < 1.29 is 19.8 Å². The summed E-state index contributed by atoms with van der Waals surface area (Å²) in [6.07, 6.45) is 8.70. The number of aliphatic carboxylic acids is 2. The van der Waals surface area contributed by atoms with E-state index in [1.54, 1.807) is 6.08 Å². The Hall–Kier alpha value is -2.62. The predicted molar refractivity (Wildman–Crippen MR) is 88.6 cm³/mol. The molecule has 1 rings (SSSR count). The van der Waals surface area contributed by atoms with Crippen LogP contribution in [0.1, 0.15) is 31.7 Å². The zero-order chi connectivity index (χ0) is 16.8. The van der Waals surface area contributed by atoms with Crippen molar-refractivity contribution >= 4 is 18.0 Å². The summed E-state index contributed by atoms with van der Waals surface area (Å²) in [5.41, 5.74) is 1.37. The quantitative estimate of drug-likeness (QED) is 0.586. The number of allylic oxidation sites excluding steroid dienone is 2. The lowest BCUT2D eigenvalue weighted by Gasteiger charge is -1.95. The molecule has 0 heterocycles. The Morgan fingerprint density at radius 1 is 1.14 bits per heavy atom. The summed E-state index contributed by atoms with van der Waals surface area (Å²) in [7, 11) is 0. The minimum atomic E-state index is -0.933. The SMILES string of the molecule is C=C(CCCC)C(=O)O.O=C(O)C=CC=Cc1ccccc1. The number of carbonyl (C=O) groups is 2. The van der Waals surface area contributed by atoms with Gasteiger partial charge < -0.3 is 10.2 Å². The van der Waals surface area contributed by atoms with Crippen molar-refractivity contribution in [1.82, 2.24) is 0 Å². The van der Waals surface area contributed by atoms with E-state index in [4.69, 9.17) is 10.2 Å². The largest absolute Gasteiger partial charge is 0.478 e. The number of hydrogen-bond acceptors (Lipinski definition) is 2. The van der Waals surface area contributed by atoms with Crippen molar-refractivity contribution in [3.8, 4) is 0 Å². The second-order valence-corrected chi connectivity index (χ2v) is 4.48. The van der Waals surface area contributed by atoms with Gasteiger partial charge in [0.25, 0.3) is 0 Å². The number of hydrogen-bond donors (Lipinski definition) is 2. The first-order chi connectivity index (χ1) is 10.5. The van der Waals surface area contributed by atoms with Crippen LogP contribution in [0.2, 0.25) is 0 Å². The van der Waals surface area contributed by atoms with Gasteiger partial charge in [0, 0.05) is 11.6 Å². The van der Waals surface area contributed by atoms with Gasteiger partial charge in [0.15, 0.2) is 0 Å². The van der Waals surface area contributed by atoms with Crippen LogP contribution in [0.4, 0.5) is 0 Å². The smallest absolute Gasteiger partial charge is 0.330 e. The molecule has 0 saturated heterocycles. The van der Waals surface area contributed by atoms with Crippen molar-refractivity contribution in [2.75, 3.05) is 0 Å². The van der Waals surface area contributed by atoms with Gasteiger partial charge in [-0.05, 0) is 18.4 Å². The van der Waals surface area contributed by atoms with E-state index in [0.29, 0.717) is 12.0 Å². The summed E-state index contributed by atoms with van der Waals surface area (Å²) in [5, 5.41) is 16.6. The van der Waals surface area contributed by atoms with E-state index in [0.717, 1.165) is 24.5 Å². The van der Waals surface area contributed by atoms with E-state index < -0.39 is 11.9 Å². The van der Waals surface area contributed by atoms with Gasteiger partial charge >= 0.3 is 11.9 Å². The first kappa shape index (κ1) is 19.4. The highest BCUT2D eigenvalue weighted by atomic mass is 16.4. The molecule has 0 fully saturated rings. The summed E-state index contributed by atoms with van der Waals surface area (Å²) in [5.74, 6) is -1.80. The van der Waals surface area contributed by atoms with E-state index in [9.17, 15) is 9.59 Å². The Kier molecular flexibility index (Phi) is 10.7. The molecular formula is C18H22O4. The van der Waals surface area contributed by atoms with Crippen LogP contribution in [0.25, 0.3) is 6.08 Å². The second-order valence-electron chi connectivity index (χ2n) is 4.48. The van der Waals surface area contributed by atoms with Gasteiger partial charge in [0.2, 0.25) is 0 Å². The number of unbranched alkanes of at least 4 members (excludes halogenated alkanes) is 1. The molecule has 4 heteroatoms. The topological polar surface area (TPSA) is 74.6 Å². The highest BCUT2D eigenvalue weighted by molar-refractivity contribution is 5.85. The molecule has 1 aromatic carbocycles. The second kappa shape index (κ2) is 12.1. The zero-order valence-electron chi connectivity index (χ0n) is 12.7. The first-order valence-corrected chi connectivity index (χ1v) is 7.01. The molecule has 0 aliphatic heterocycles.